The molecule has 0 aliphatic carbocycles. The molecule has 1 atom stereocenters. The highest BCUT2D eigenvalue weighted by atomic mass is 32.2. The zero-order valence-electron chi connectivity index (χ0n) is 10.8. The number of aryl methyl sites for hydroxylation is 1. The van der Waals surface area contributed by atoms with Crippen LogP contribution in [0.25, 0.3) is 0 Å². The summed E-state index contributed by atoms with van der Waals surface area (Å²) in [6.45, 7) is 6.21. The Morgan fingerprint density at radius 2 is 2.06 bits per heavy atom. The van der Waals surface area contributed by atoms with Crippen LogP contribution in [0.3, 0.4) is 0 Å². The zero-order chi connectivity index (χ0) is 13.8. The first-order chi connectivity index (χ1) is 8.36. The summed E-state index contributed by atoms with van der Waals surface area (Å²) in [5.74, 6) is -0.422. The quantitative estimate of drug-likeness (QED) is 0.832. The van der Waals surface area contributed by atoms with Crippen LogP contribution in [-0.2, 0) is 10.0 Å². The molecule has 1 aromatic carbocycles. The van der Waals surface area contributed by atoms with Crippen LogP contribution in [0.4, 0.5) is 10.1 Å². The average molecular weight is 274 g/mol. The summed E-state index contributed by atoms with van der Waals surface area (Å²) in [6, 6.07) is 4.28. The summed E-state index contributed by atoms with van der Waals surface area (Å²) in [4.78, 5) is 0. The predicted molar refractivity (Wildman–Crippen MR) is 71.7 cm³/mol. The zero-order valence-corrected chi connectivity index (χ0v) is 11.6. The fourth-order valence-electron chi connectivity index (χ4n) is 1.38. The molecule has 18 heavy (non-hydrogen) atoms. The fourth-order valence-corrected chi connectivity index (χ4v) is 2.37. The molecule has 4 nitrogen and oxygen atoms in total. The summed E-state index contributed by atoms with van der Waals surface area (Å²) in [6.07, 6.45) is 0. The molecule has 0 amide bonds. The van der Waals surface area contributed by atoms with Crippen molar-refractivity contribution in [3.8, 4) is 0 Å². The van der Waals surface area contributed by atoms with E-state index in [-0.39, 0.29) is 5.69 Å². The minimum absolute atomic E-state index is 0.251. The van der Waals surface area contributed by atoms with Gasteiger partial charge in [-0.15, -0.1) is 0 Å². The highest BCUT2D eigenvalue weighted by Crippen LogP contribution is 2.16. The van der Waals surface area contributed by atoms with Gasteiger partial charge < -0.3 is 5.32 Å². The van der Waals surface area contributed by atoms with Crippen molar-refractivity contribution < 1.29 is 12.8 Å². The molecule has 0 aliphatic heterocycles. The maximum atomic E-state index is 13.3. The lowest BCUT2D eigenvalue weighted by Crippen LogP contribution is -2.34. The van der Waals surface area contributed by atoms with Gasteiger partial charge in [-0.05, 0) is 38.1 Å². The first-order valence-corrected chi connectivity index (χ1v) is 7.40. The van der Waals surface area contributed by atoms with Gasteiger partial charge in [-0.2, -0.15) is 0 Å². The van der Waals surface area contributed by atoms with Gasteiger partial charge in [0.25, 0.3) is 0 Å². The Morgan fingerprint density at radius 3 is 2.61 bits per heavy atom. The van der Waals surface area contributed by atoms with E-state index in [1.807, 2.05) is 6.92 Å². The molecule has 102 valence electrons. The van der Waals surface area contributed by atoms with Crippen molar-refractivity contribution in [2.75, 3.05) is 17.8 Å². The van der Waals surface area contributed by atoms with Crippen LogP contribution < -0.4 is 10.0 Å². The van der Waals surface area contributed by atoms with Gasteiger partial charge in [0.2, 0.25) is 10.0 Å². The molecule has 0 fully saturated rings. The van der Waals surface area contributed by atoms with Gasteiger partial charge in [0, 0.05) is 6.54 Å². The van der Waals surface area contributed by atoms with E-state index in [0.717, 1.165) is 0 Å². The van der Waals surface area contributed by atoms with Crippen molar-refractivity contribution in [1.29, 1.82) is 0 Å². The number of benzene rings is 1. The smallest absolute Gasteiger partial charge is 0.236 e. The molecule has 1 rings (SSSR count). The number of halogens is 1. The van der Waals surface area contributed by atoms with E-state index in [9.17, 15) is 12.8 Å². The maximum Gasteiger partial charge on any atom is 0.236 e. The molecule has 6 heteroatoms. The molecule has 0 saturated carbocycles. The fraction of sp³-hybridized carbons (Fsp3) is 0.500. The second kappa shape index (κ2) is 6.15. The topological polar surface area (TPSA) is 58.2 Å². The van der Waals surface area contributed by atoms with Gasteiger partial charge in [0.05, 0.1) is 10.9 Å². The Labute approximate surface area is 108 Å². The van der Waals surface area contributed by atoms with E-state index >= 15 is 0 Å². The normalized spacial score (nSPS) is 13.3. The molecular weight excluding hydrogens is 255 g/mol. The lowest BCUT2D eigenvalue weighted by Gasteiger charge is -2.15. The molecule has 0 spiro atoms. The van der Waals surface area contributed by atoms with Gasteiger partial charge in [-0.1, -0.05) is 13.0 Å². The average Bonchev–Trinajstić information content (AvgIpc) is 2.30. The Kier molecular flexibility index (Phi) is 5.10. The third kappa shape index (κ3) is 3.96. The lowest BCUT2D eigenvalue weighted by atomic mass is 10.2. The molecule has 0 aromatic heterocycles. The number of anilines is 1. The van der Waals surface area contributed by atoms with Crippen molar-refractivity contribution >= 4 is 15.7 Å². The molecule has 1 aromatic rings. The SMILES string of the molecule is CCNCC(C)S(=O)(=O)Nc1ccc(C)c(F)c1. The van der Waals surface area contributed by atoms with Crippen molar-refractivity contribution in [3.05, 3.63) is 29.6 Å². The van der Waals surface area contributed by atoms with E-state index < -0.39 is 21.1 Å². The molecule has 0 bridgehead atoms. The van der Waals surface area contributed by atoms with Crippen LogP contribution in [0.1, 0.15) is 19.4 Å². The minimum atomic E-state index is -3.49. The van der Waals surface area contributed by atoms with Crippen LogP contribution in [0.2, 0.25) is 0 Å². The Hall–Kier alpha value is -1.14. The van der Waals surface area contributed by atoms with Crippen molar-refractivity contribution in [2.45, 2.75) is 26.0 Å². The van der Waals surface area contributed by atoms with Crippen molar-refractivity contribution in [1.82, 2.24) is 5.32 Å². The van der Waals surface area contributed by atoms with Crippen LogP contribution in [0.15, 0.2) is 18.2 Å². The van der Waals surface area contributed by atoms with Gasteiger partial charge in [-0.25, -0.2) is 12.8 Å². The van der Waals surface area contributed by atoms with E-state index in [1.54, 1.807) is 26.0 Å². The van der Waals surface area contributed by atoms with Crippen LogP contribution in [0, 0.1) is 12.7 Å². The molecule has 1 unspecified atom stereocenters. The van der Waals surface area contributed by atoms with Crippen LogP contribution in [0.5, 0.6) is 0 Å². The van der Waals surface area contributed by atoms with Gasteiger partial charge in [0.15, 0.2) is 0 Å². The highest BCUT2D eigenvalue weighted by Gasteiger charge is 2.20. The summed E-state index contributed by atoms with van der Waals surface area (Å²) in [5.41, 5.74) is 0.736. The number of nitrogens with one attached hydrogen (secondary N) is 2. The van der Waals surface area contributed by atoms with Crippen molar-refractivity contribution in [3.63, 3.8) is 0 Å². The van der Waals surface area contributed by atoms with Gasteiger partial charge in [0.1, 0.15) is 5.82 Å². The summed E-state index contributed by atoms with van der Waals surface area (Å²) in [7, 11) is -3.49. The molecule has 0 saturated heterocycles. The monoisotopic (exact) mass is 274 g/mol. The molecule has 0 heterocycles. The minimum Gasteiger partial charge on any atom is -0.316 e. The number of rotatable bonds is 6. The number of hydrogen-bond acceptors (Lipinski definition) is 3. The summed E-state index contributed by atoms with van der Waals surface area (Å²) < 4.78 is 39.6. The van der Waals surface area contributed by atoms with Crippen molar-refractivity contribution in [2.24, 2.45) is 0 Å². The van der Waals surface area contributed by atoms with E-state index in [0.29, 0.717) is 18.7 Å². The predicted octanol–water partition coefficient (Wildman–Crippen LogP) is 1.87. The Balaban J connectivity index is 2.78. The lowest BCUT2D eigenvalue weighted by molar-refractivity contribution is 0.579. The molecule has 0 radical (unpaired) electrons. The maximum absolute atomic E-state index is 13.3. The standard InChI is InChI=1S/C12H19FN2O2S/c1-4-14-8-10(3)18(16,17)15-11-6-5-9(2)12(13)7-11/h5-7,10,14-15H,4,8H2,1-3H3. The van der Waals surface area contributed by atoms with E-state index in [4.69, 9.17) is 0 Å². The largest absolute Gasteiger partial charge is 0.316 e. The second-order valence-electron chi connectivity index (χ2n) is 4.23. The van der Waals surface area contributed by atoms with Gasteiger partial charge >= 0.3 is 0 Å². The molecular formula is C12H19FN2O2S. The Bertz CT molecular complexity index is 503. The summed E-state index contributed by atoms with van der Waals surface area (Å²) >= 11 is 0. The van der Waals surface area contributed by atoms with E-state index in [1.165, 1.54) is 6.07 Å². The number of hydrogen-bond donors (Lipinski definition) is 2. The van der Waals surface area contributed by atoms with Crippen LogP contribution >= 0.6 is 0 Å². The third-order valence-corrected chi connectivity index (χ3v) is 4.39. The second-order valence-corrected chi connectivity index (χ2v) is 6.33. The van der Waals surface area contributed by atoms with Crippen LogP contribution in [-0.4, -0.2) is 26.8 Å². The first-order valence-electron chi connectivity index (χ1n) is 5.85. The number of sulfonamides is 1. The first kappa shape index (κ1) is 14.9. The summed E-state index contributed by atoms with van der Waals surface area (Å²) in [5, 5.41) is 2.39. The third-order valence-electron chi connectivity index (χ3n) is 2.64. The van der Waals surface area contributed by atoms with Gasteiger partial charge in [-0.3, -0.25) is 4.72 Å². The highest BCUT2D eigenvalue weighted by molar-refractivity contribution is 7.93. The van der Waals surface area contributed by atoms with E-state index in [2.05, 4.69) is 10.0 Å². The Morgan fingerprint density at radius 1 is 1.39 bits per heavy atom. The molecule has 2 N–H and O–H groups in total. The molecule has 0 aliphatic rings.